The van der Waals surface area contributed by atoms with E-state index >= 15 is 0 Å². The molecule has 0 aliphatic carbocycles. The van der Waals surface area contributed by atoms with Crippen molar-refractivity contribution in [1.29, 1.82) is 0 Å². The maximum Gasteiger partial charge on any atom is 0.418 e. The summed E-state index contributed by atoms with van der Waals surface area (Å²) in [7, 11) is 6.57. The fourth-order valence-electron chi connectivity index (χ4n) is 9.94. The van der Waals surface area contributed by atoms with E-state index in [1.165, 1.54) is 0 Å². The smallest absolute Gasteiger partial charge is 0.418 e. The molecule has 2 atom stereocenters. The van der Waals surface area contributed by atoms with Crippen LogP contribution in [0.5, 0.6) is 23.0 Å². The molecule has 6 aromatic carbocycles. The van der Waals surface area contributed by atoms with Crippen LogP contribution >= 0.6 is 47.0 Å². The van der Waals surface area contributed by atoms with Gasteiger partial charge in [-0.3, -0.25) is 9.80 Å². The summed E-state index contributed by atoms with van der Waals surface area (Å²) in [6.45, 7) is 10.3. The number of carbonyl (C=O) groups excluding carboxylic acids is 2. The van der Waals surface area contributed by atoms with Crippen LogP contribution in [-0.4, -0.2) is 108 Å². The van der Waals surface area contributed by atoms with Crippen LogP contribution in [-0.2, 0) is 43.1 Å². The number of ether oxygens (including phenoxy) is 6. The minimum atomic E-state index is -1.30. The Morgan fingerprint density at radius 3 is 1.12 bits per heavy atom. The zero-order chi connectivity index (χ0) is 53.8. The Labute approximate surface area is 467 Å². The van der Waals surface area contributed by atoms with Crippen molar-refractivity contribution in [3.8, 4) is 45.3 Å². The summed E-state index contributed by atoms with van der Waals surface area (Å²) in [5.74, 6) is 4.55. The second-order valence-corrected chi connectivity index (χ2v) is 26.2. The lowest BCUT2D eigenvalue weighted by atomic mass is 9.92. The van der Waals surface area contributed by atoms with Crippen molar-refractivity contribution in [3.05, 3.63) is 168 Å². The highest BCUT2D eigenvalue weighted by molar-refractivity contribution is 8.19. The molecular weight excluding hydrogens is 1030 g/mol. The molecule has 0 radical (unpaired) electrons. The van der Waals surface area contributed by atoms with Crippen molar-refractivity contribution < 1.29 is 38.0 Å². The third kappa shape index (κ3) is 13.9. The highest BCUT2D eigenvalue weighted by Crippen LogP contribution is 2.48. The summed E-state index contributed by atoms with van der Waals surface area (Å²) in [5.41, 5.74) is 5.29. The quantitative estimate of drug-likeness (QED) is 0.0477. The van der Waals surface area contributed by atoms with Crippen LogP contribution in [0, 0.1) is 0 Å². The van der Waals surface area contributed by atoms with Gasteiger partial charge in [-0.1, -0.05) is 121 Å². The molecule has 2 aliphatic rings. The Bertz CT molecular complexity index is 2650. The van der Waals surface area contributed by atoms with Crippen LogP contribution in [0.4, 0.5) is 0 Å². The Morgan fingerprint density at radius 2 is 0.789 bits per heavy atom. The van der Waals surface area contributed by atoms with Crippen molar-refractivity contribution in [2.24, 2.45) is 0 Å². The molecular formula is C62H72N2O8S4. The van der Waals surface area contributed by atoms with Gasteiger partial charge in [0.15, 0.2) is 23.0 Å². The molecule has 2 unspecified atom stereocenters. The first-order valence-electron chi connectivity index (χ1n) is 26.0. The molecule has 14 heteroatoms. The molecule has 0 amide bonds. The molecule has 10 nitrogen and oxygen atoms in total. The summed E-state index contributed by atoms with van der Waals surface area (Å²) in [6.07, 6.45) is 3.59. The summed E-state index contributed by atoms with van der Waals surface area (Å²) in [5, 5.41) is 0. The third-order valence-electron chi connectivity index (χ3n) is 14.4. The highest BCUT2D eigenvalue weighted by Gasteiger charge is 2.46. The average Bonchev–Trinajstić information content (AvgIpc) is 3.46. The van der Waals surface area contributed by atoms with Gasteiger partial charge in [-0.25, -0.2) is 9.59 Å². The minimum absolute atomic E-state index is 0.301. The molecule has 0 spiro atoms. The van der Waals surface area contributed by atoms with Gasteiger partial charge in [0, 0.05) is 26.2 Å². The monoisotopic (exact) mass is 1100 g/mol. The van der Waals surface area contributed by atoms with E-state index < -0.39 is 23.1 Å². The Hall–Kier alpha value is -5.22. The van der Waals surface area contributed by atoms with Crippen molar-refractivity contribution in [3.63, 3.8) is 0 Å². The van der Waals surface area contributed by atoms with E-state index in [0.29, 0.717) is 62.0 Å². The lowest BCUT2D eigenvalue weighted by Gasteiger charge is -2.47. The van der Waals surface area contributed by atoms with E-state index in [1.54, 1.807) is 28.4 Å². The molecule has 2 saturated heterocycles. The number of methoxy groups -OCH3 is 4. The van der Waals surface area contributed by atoms with Crippen molar-refractivity contribution in [2.75, 3.05) is 77.6 Å². The summed E-state index contributed by atoms with van der Waals surface area (Å²) in [4.78, 5) is 34.8. The Morgan fingerprint density at radius 1 is 0.461 bits per heavy atom. The molecule has 0 saturated carbocycles. The molecule has 402 valence electrons. The number of benzene rings is 6. The molecule has 2 aliphatic heterocycles. The zero-order valence-corrected chi connectivity index (χ0v) is 48.4. The second-order valence-electron chi connectivity index (χ2n) is 19.7. The van der Waals surface area contributed by atoms with Gasteiger partial charge >= 0.3 is 11.9 Å². The van der Waals surface area contributed by atoms with Gasteiger partial charge in [0.25, 0.3) is 0 Å². The number of thioether (sulfide) groups is 4. The molecule has 0 bridgehead atoms. The van der Waals surface area contributed by atoms with Gasteiger partial charge in [0.1, 0.15) is 19.6 Å². The predicted molar refractivity (Wildman–Crippen MR) is 316 cm³/mol. The number of rotatable bonds is 22. The molecule has 8 rings (SSSR count). The summed E-state index contributed by atoms with van der Waals surface area (Å²) >= 11 is 7.61. The maximum atomic E-state index is 15.0. The van der Waals surface area contributed by atoms with Crippen LogP contribution in [0.25, 0.3) is 22.3 Å². The van der Waals surface area contributed by atoms with Gasteiger partial charge in [0.2, 0.25) is 0 Å². The van der Waals surface area contributed by atoms with Crippen molar-refractivity contribution >= 4 is 59.0 Å². The van der Waals surface area contributed by atoms with E-state index in [-0.39, 0.29) is 8.41 Å². The topological polar surface area (TPSA) is 96.0 Å². The lowest BCUT2D eigenvalue weighted by molar-refractivity contribution is -0.188. The molecule has 2 heterocycles. The van der Waals surface area contributed by atoms with Crippen LogP contribution in [0.2, 0.25) is 0 Å². The first-order valence-corrected chi connectivity index (χ1v) is 29.9. The van der Waals surface area contributed by atoms with Gasteiger partial charge in [-0.15, -0.1) is 47.0 Å². The van der Waals surface area contributed by atoms with Crippen molar-refractivity contribution in [1.82, 2.24) is 9.80 Å². The Balaban J connectivity index is 1.14. The van der Waals surface area contributed by atoms with Gasteiger partial charge in [-0.05, 0) is 145 Å². The van der Waals surface area contributed by atoms with E-state index in [9.17, 15) is 9.59 Å². The fourth-order valence-corrected chi connectivity index (χ4v) is 16.0. The molecule has 0 aromatic heterocycles. The number of esters is 2. The summed E-state index contributed by atoms with van der Waals surface area (Å²) < 4.78 is 35.2. The molecule has 76 heavy (non-hydrogen) atoms. The summed E-state index contributed by atoms with van der Waals surface area (Å²) in [6, 6.07) is 48.8. The normalized spacial score (nSPS) is 16.7. The molecule has 2 fully saturated rings. The number of nitrogens with zero attached hydrogens (tertiary/aromatic N) is 2. The largest absolute Gasteiger partial charge is 0.493 e. The first kappa shape index (κ1) is 57.0. The second kappa shape index (κ2) is 26.0. The van der Waals surface area contributed by atoms with Gasteiger partial charge < -0.3 is 28.4 Å². The van der Waals surface area contributed by atoms with E-state index in [1.807, 2.05) is 146 Å². The van der Waals surface area contributed by atoms with Gasteiger partial charge in [0.05, 0.1) is 28.4 Å². The third-order valence-corrected chi connectivity index (χ3v) is 21.0. The minimum Gasteiger partial charge on any atom is -0.493 e. The SMILES string of the molecule is COc1ccc(CCN(CC(C)(OC(=O)C(=O)OC(C)(CN(CCc2ccc(OC)c(OC)c2)C2(C)SCCCS2)c2ccc(-c3ccccc3)cc2)c2ccc(-c3ccccc3)cc2)C2(C)SCCCS2)cc1OC. The standard InChI is InChI=1S/C62H72N2O8S4/c1-59(51-27-23-49(24-28-51)47-17-11-9-12-18-47,43-63(61(3)73-37-15-38-74-61)35-33-45-21-31-53(67-5)55(41-45)69-7)71-57(65)58(66)72-60(2,52-29-25-50(26-30-52)48-19-13-10-14-20-48)44-64(62(4)75-39-16-40-76-62)36-34-46-22-32-54(68-6)56(42-46)70-8/h9-14,17-32,41-42H,15-16,33-40,43-44H2,1-8H3. The van der Waals surface area contributed by atoms with E-state index in [0.717, 1.165) is 80.4 Å². The van der Waals surface area contributed by atoms with Crippen LogP contribution < -0.4 is 18.9 Å². The number of hydrogen-bond donors (Lipinski definition) is 0. The number of carbonyl (C=O) groups is 2. The molecule has 0 N–H and O–H groups in total. The van der Waals surface area contributed by atoms with Gasteiger partial charge in [-0.2, -0.15) is 0 Å². The Kier molecular flexibility index (Phi) is 19.5. The highest BCUT2D eigenvalue weighted by atomic mass is 32.2. The van der Waals surface area contributed by atoms with Crippen LogP contribution in [0.1, 0.15) is 62.8 Å². The van der Waals surface area contributed by atoms with E-state index in [4.69, 9.17) is 28.4 Å². The van der Waals surface area contributed by atoms with E-state index in [2.05, 4.69) is 84.3 Å². The van der Waals surface area contributed by atoms with Crippen LogP contribution in [0.15, 0.2) is 146 Å². The molecule has 6 aromatic rings. The lowest BCUT2D eigenvalue weighted by Crippen LogP contribution is -2.53. The van der Waals surface area contributed by atoms with Crippen LogP contribution in [0.3, 0.4) is 0 Å². The number of hydrogen-bond acceptors (Lipinski definition) is 14. The fraction of sp³-hybridized carbons (Fsp3) is 0.387. The zero-order valence-electron chi connectivity index (χ0n) is 45.1. The predicted octanol–water partition coefficient (Wildman–Crippen LogP) is 13.4. The maximum absolute atomic E-state index is 15.0. The average molecular weight is 1100 g/mol. The van der Waals surface area contributed by atoms with Crippen molar-refractivity contribution in [2.45, 2.75) is 73.0 Å². The first-order chi connectivity index (χ1) is 36.7.